The van der Waals surface area contributed by atoms with E-state index in [4.69, 9.17) is 26.4 Å². The number of ether oxygens (including phenoxy) is 1. The molecule has 0 radical (unpaired) electrons. The van der Waals surface area contributed by atoms with Crippen LogP contribution in [0.25, 0.3) is 16.8 Å². The number of carbonyl (C=O) groups excluding carboxylic acids is 1. The topological polar surface area (TPSA) is 68.5 Å². The molecule has 2 aliphatic carbocycles. The first-order chi connectivity index (χ1) is 14.6. The molecule has 30 heavy (non-hydrogen) atoms. The van der Waals surface area contributed by atoms with Crippen LogP contribution in [-0.2, 0) is 18.0 Å². The monoisotopic (exact) mass is 422 g/mol. The van der Waals surface area contributed by atoms with Gasteiger partial charge in [0.15, 0.2) is 5.65 Å². The molecule has 1 aromatic carbocycles. The molecule has 6 rings (SSSR count). The number of hydrogen-bond acceptors (Lipinski definition) is 5. The number of carbonyl (C=O) groups is 1. The van der Waals surface area contributed by atoms with Crippen LogP contribution in [0.3, 0.4) is 0 Å². The molecule has 1 N–H and O–H groups in total. The van der Waals surface area contributed by atoms with Gasteiger partial charge in [-0.1, -0.05) is 23.7 Å². The van der Waals surface area contributed by atoms with Crippen molar-refractivity contribution in [2.45, 2.75) is 51.9 Å². The van der Waals surface area contributed by atoms with Gasteiger partial charge in [-0.05, 0) is 50.5 Å². The smallest absolute Gasteiger partial charge is 0.165 e. The second-order valence-electron chi connectivity index (χ2n) is 8.78. The van der Waals surface area contributed by atoms with E-state index in [-0.39, 0.29) is 0 Å². The zero-order valence-corrected chi connectivity index (χ0v) is 17.6. The quantitative estimate of drug-likeness (QED) is 0.578. The number of fused-ring (bicyclic) bond motifs is 2. The number of nitrogens with zero attached hydrogens (tertiary/aromatic N) is 3. The lowest BCUT2D eigenvalue weighted by Gasteiger charge is -2.21. The molecule has 2 saturated carbocycles. The lowest BCUT2D eigenvalue weighted by atomic mass is 10.0. The van der Waals surface area contributed by atoms with Crippen LogP contribution in [0, 0.1) is 18.8 Å². The summed E-state index contributed by atoms with van der Waals surface area (Å²) in [5.74, 6) is 2.55. The lowest BCUT2D eigenvalue weighted by molar-refractivity contribution is 0.112. The van der Waals surface area contributed by atoms with Gasteiger partial charge in [-0.25, -0.2) is 4.98 Å². The summed E-state index contributed by atoms with van der Waals surface area (Å²) in [5.41, 5.74) is 6.04. The molecule has 0 amide bonds. The highest BCUT2D eigenvalue weighted by Gasteiger charge is 2.42. The highest BCUT2D eigenvalue weighted by Crippen LogP contribution is 2.47. The van der Waals surface area contributed by atoms with Crippen molar-refractivity contribution in [2.75, 3.05) is 5.32 Å². The van der Waals surface area contributed by atoms with Gasteiger partial charge in [0.2, 0.25) is 0 Å². The van der Waals surface area contributed by atoms with Crippen molar-refractivity contribution in [3.05, 3.63) is 45.7 Å². The zero-order valence-electron chi connectivity index (χ0n) is 16.8. The largest absolute Gasteiger partial charge is 0.370 e. The van der Waals surface area contributed by atoms with Gasteiger partial charge in [0.05, 0.1) is 30.2 Å². The zero-order chi connectivity index (χ0) is 20.4. The van der Waals surface area contributed by atoms with E-state index in [2.05, 4.69) is 5.32 Å². The first-order valence-corrected chi connectivity index (χ1v) is 11.0. The molecule has 2 fully saturated rings. The number of rotatable bonds is 6. The molecule has 154 valence electrons. The molecule has 0 saturated heterocycles. The minimum atomic E-state index is 0.503. The third-order valence-electron chi connectivity index (χ3n) is 6.57. The summed E-state index contributed by atoms with van der Waals surface area (Å²) < 4.78 is 7.70. The number of nitrogens with one attached hydrogen (secondary N) is 1. The van der Waals surface area contributed by atoms with Crippen LogP contribution in [0.4, 0.5) is 5.82 Å². The van der Waals surface area contributed by atoms with E-state index >= 15 is 0 Å². The van der Waals surface area contributed by atoms with Crippen LogP contribution in [0.5, 0.6) is 0 Å². The summed E-state index contributed by atoms with van der Waals surface area (Å²) in [6.07, 6.45) is 6.04. The van der Waals surface area contributed by atoms with Crippen molar-refractivity contribution in [1.82, 2.24) is 14.6 Å². The van der Waals surface area contributed by atoms with Crippen LogP contribution in [0.2, 0.25) is 5.02 Å². The molecule has 7 heteroatoms. The van der Waals surface area contributed by atoms with E-state index in [1.165, 1.54) is 25.7 Å². The molecule has 2 aromatic heterocycles. The number of hydrogen-bond donors (Lipinski definition) is 1. The Bertz CT molecular complexity index is 1170. The van der Waals surface area contributed by atoms with E-state index in [0.717, 1.165) is 57.7 Å². The van der Waals surface area contributed by atoms with E-state index in [9.17, 15) is 4.79 Å². The Balaban J connectivity index is 1.53. The predicted octanol–water partition coefficient (Wildman–Crippen LogP) is 4.80. The Kier molecular flexibility index (Phi) is 4.15. The Morgan fingerprint density at radius 3 is 2.67 bits per heavy atom. The molecule has 1 aliphatic heterocycles. The number of anilines is 1. The van der Waals surface area contributed by atoms with Gasteiger partial charge in [-0.2, -0.15) is 9.61 Å². The maximum Gasteiger partial charge on any atom is 0.165 e. The summed E-state index contributed by atoms with van der Waals surface area (Å²) >= 11 is 6.55. The molecule has 3 heterocycles. The van der Waals surface area contributed by atoms with E-state index in [1.54, 1.807) is 12.1 Å². The fourth-order valence-electron chi connectivity index (χ4n) is 4.72. The molecule has 3 aliphatic rings. The molecule has 0 bridgehead atoms. The molecule has 6 nitrogen and oxygen atoms in total. The van der Waals surface area contributed by atoms with Crippen molar-refractivity contribution in [1.29, 1.82) is 0 Å². The average Bonchev–Trinajstić information content (AvgIpc) is 3.67. The van der Waals surface area contributed by atoms with Crippen LogP contribution >= 0.6 is 11.6 Å². The predicted molar refractivity (Wildman–Crippen MR) is 115 cm³/mol. The van der Waals surface area contributed by atoms with E-state index < -0.39 is 0 Å². The maximum absolute atomic E-state index is 11.1. The second kappa shape index (κ2) is 6.79. The van der Waals surface area contributed by atoms with Gasteiger partial charge in [0, 0.05) is 27.8 Å². The van der Waals surface area contributed by atoms with Gasteiger partial charge in [-0.15, -0.1) is 0 Å². The summed E-state index contributed by atoms with van der Waals surface area (Å²) in [4.78, 5) is 16.1. The van der Waals surface area contributed by atoms with E-state index in [0.29, 0.717) is 29.8 Å². The van der Waals surface area contributed by atoms with Crippen LogP contribution < -0.4 is 5.32 Å². The van der Waals surface area contributed by atoms with Crippen molar-refractivity contribution in [3.63, 3.8) is 0 Å². The van der Waals surface area contributed by atoms with Crippen molar-refractivity contribution < 1.29 is 9.53 Å². The molecule has 0 spiro atoms. The minimum Gasteiger partial charge on any atom is -0.370 e. The summed E-state index contributed by atoms with van der Waals surface area (Å²) in [6, 6.07) is 5.86. The molecule has 0 unspecified atom stereocenters. The summed E-state index contributed by atoms with van der Waals surface area (Å²) in [6.45, 7) is 3.06. The van der Waals surface area contributed by atoms with Gasteiger partial charge in [0.1, 0.15) is 12.1 Å². The number of halogens is 1. The number of aldehydes is 1. The fraction of sp³-hybridized carbons (Fsp3) is 0.435. The second-order valence-corrected chi connectivity index (χ2v) is 9.18. The van der Waals surface area contributed by atoms with Crippen molar-refractivity contribution in [2.24, 2.45) is 11.8 Å². The molecular weight excluding hydrogens is 400 g/mol. The standard InChI is InChI=1S/C23H23ClN4O2/c1-12-20(16-7-2-13(9-29)8-18(16)24)23-25-19-11-30-10-17(19)22(28(23)27-12)26-21(14-3-4-14)15-5-6-15/h2,7-9,14-15,21,26H,3-6,10-11H2,1H3. The fourth-order valence-corrected chi connectivity index (χ4v) is 5.00. The van der Waals surface area contributed by atoms with E-state index in [1.807, 2.05) is 17.5 Å². The lowest BCUT2D eigenvalue weighted by Crippen LogP contribution is -2.27. The third kappa shape index (κ3) is 2.93. The first-order valence-electron chi connectivity index (χ1n) is 10.6. The van der Waals surface area contributed by atoms with Crippen molar-refractivity contribution in [3.8, 4) is 11.1 Å². The normalized spacial score (nSPS) is 18.2. The van der Waals surface area contributed by atoms with Crippen LogP contribution in [0.1, 0.15) is 53.0 Å². The Morgan fingerprint density at radius 2 is 2.00 bits per heavy atom. The SMILES string of the molecule is Cc1nn2c(NC(C3CC3)C3CC3)c3c(nc2c1-c1ccc(C=O)cc1Cl)COC3. The first kappa shape index (κ1) is 18.3. The maximum atomic E-state index is 11.1. The van der Waals surface area contributed by atoms with Gasteiger partial charge in [-0.3, -0.25) is 4.79 Å². The number of aromatic nitrogens is 3. The van der Waals surface area contributed by atoms with Crippen LogP contribution in [-0.4, -0.2) is 26.9 Å². The summed E-state index contributed by atoms with van der Waals surface area (Å²) in [7, 11) is 0. The molecule has 3 aromatic rings. The summed E-state index contributed by atoms with van der Waals surface area (Å²) in [5, 5.41) is 9.27. The van der Waals surface area contributed by atoms with Gasteiger partial charge >= 0.3 is 0 Å². The third-order valence-corrected chi connectivity index (χ3v) is 6.88. The highest BCUT2D eigenvalue weighted by molar-refractivity contribution is 6.33. The minimum absolute atomic E-state index is 0.503. The van der Waals surface area contributed by atoms with Gasteiger partial charge in [0.25, 0.3) is 0 Å². The number of benzene rings is 1. The Labute approximate surface area is 179 Å². The average molecular weight is 423 g/mol. The number of aryl methyl sites for hydroxylation is 1. The van der Waals surface area contributed by atoms with Crippen molar-refractivity contribution >= 4 is 29.4 Å². The van der Waals surface area contributed by atoms with Gasteiger partial charge < -0.3 is 10.1 Å². The van der Waals surface area contributed by atoms with Crippen LogP contribution in [0.15, 0.2) is 18.2 Å². The Morgan fingerprint density at radius 1 is 1.23 bits per heavy atom. The Hall–Kier alpha value is -2.44. The molecular formula is C23H23ClN4O2. The highest BCUT2D eigenvalue weighted by atomic mass is 35.5. The molecule has 0 atom stereocenters.